The molecule has 1 aliphatic rings. The lowest BCUT2D eigenvalue weighted by Crippen LogP contribution is -2.34. The maximum atomic E-state index is 5.07. The van der Waals surface area contributed by atoms with E-state index < -0.39 is 0 Å². The first-order valence-corrected chi connectivity index (χ1v) is 5.20. The minimum atomic E-state index is 0.482. The predicted octanol–water partition coefficient (Wildman–Crippen LogP) is 1.97. The summed E-state index contributed by atoms with van der Waals surface area (Å²) >= 11 is 0. The Morgan fingerprint density at radius 3 is 3.00 bits per heavy atom. The molecular weight excluding hydrogens is 162 g/mol. The Labute approximate surface area is 81.4 Å². The van der Waals surface area contributed by atoms with Crippen LogP contribution in [0.15, 0.2) is 12.2 Å². The third-order valence-electron chi connectivity index (χ3n) is 2.55. The van der Waals surface area contributed by atoms with Gasteiger partial charge in [0.1, 0.15) is 0 Å². The van der Waals surface area contributed by atoms with Crippen molar-refractivity contribution in [3.05, 3.63) is 12.2 Å². The normalized spacial score (nSPS) is 24.6. The first kappa shape index (κ1) is 10.7. The molecule has 0 amide bonds. The molecule has 0 fully saturated rings. The number of allylic oxidation sites excluding steroid dienone is 2. The maximum Gasteiger partial charge on any atom is 0.0613 e. The van der Waals surface area contributed by atoms with Gasteiger partial charge in [-0.05, 0) is 38.6 Å². The minimum absolute atomic E-state index is 0.482. The van der Waals surface area contributed by atoms with Crippen LogP contribution in [0, 0.1) is 5.92 Å². The van der Waals surface area contributed by atoms with Gasteiger partial charge in [-0.2, -0.15) is 0 Å². The first-order valence-electron chi connectivity index (χ1n) is 5.20. The summed E-state index contributed by atoms with van der Waals surface area (Å²) in [7, 11) is 1.75. The third kappa shape index (κ3) is 4.44. The first-order chi connectivity index (χ1) is 6.33. The minimum Gasteiger partial charge on any atom is -0.383 e. The van der Waals surface area contributed by atoms with E-state index in [2.05, 4.69) is 24.4 Å². The molecule has 2 nitrogen and oxygen atoms in total. The van der Waals surface area contributed by atoms with Crippen molar-refractivity contribution >= 4 is 0 Å². The Morgan fingerprint density at radius 1 is 1.54 bits per heavy atom. The fourth-order valence-electron chi connectivity index (χ4n) is 1.72. The molecule has 0 aromatic rings. The standard InChI is InChI=1S/C11H21NO/c1-10(9-13-2)12-8-11-6-4-3-5-7-11/h3-4,10-12H,5-9H2,1-2H3/t10-,11+/m1/s1. The van der Waals surface area contributed by atoms with Crippen molar-refractivity contribution in [2.24, 2.45) is 5.92 Å². The molecule has 76 valence electrons. The van der Waals surface area contributed by atoms with Crippen LogP contribution >= 0.6 is 0 Å². The Bertz CT molecular complexity index is 156. The third-order valence-corrected chi connectivity index (χ3v) is 2.55. The van der Waals surface area contributed by atoms with Gasteiger partial charge < -0.3 is 10.1 Å². The number of hydrogen-bond acceptors (Lipinski definition) is 2. The van der Waals surface area contributed by atoms with Crippen LogP contribution in [0.3, 0.4) is 0 Å². The summed E-state index contributed by atoms with van der Waals surface area (Å²) in [5.74, 6) is 0.837. The molecular formula is C11H21NO. The molecule has 1 aliphatic carbocycles. The summed E-state index contributed by atoms with van der Waals surface area (Å²) < 4.78 is 5.07. The smallest absolute Gasteiger partial charge is 0.0613 e. The zero-order valence-corrected chi connectivity index (χ0v) is 8.75. The van der Waals surface area contributed by atoms with Crippen LogP contribution in [0.25, 0.3) is 0 Å². The second kappa shape index (κ2) is 6.17. The molecule has 2 atom stereocenters. The molecule has 0 bridgehead atoms. The number of ether oxygens (including phenoxy) is 1. The molecule has 13 heavy (non-hydrogen) atoms. The van der Waals surface area contributed by atoms with Crippen molar-refractivity contribution in [3.8, 4) is 0 Å². The van der Waals surface area contributed by atoms with Gasteiger partial charge in [-0.15, -0.1) is 0 Å². The lowest BCUT2D eigenvalue weighted by atomic mass is 9.94. The molecule has 2 heteroatoms. The Kier molecular flexibility index (Phi) is 5.09. The summed E-state index contributed by atoms with van der Waals surface area (Å²) in [6.07, 6.45) is 8.42. The van der Waals surface area contributed by atoms with Gasteiger partial charge in [-0.1, -0.05) is 12.2 Å². The Hall–Kier alpha value is -0.340. The number of methoxy groups -OCH3 is 1. The Balaban J connectivity index is 2.07. The van der Waals surface area contributed by atoms with Gasteiger partial charge in [0.25, 0.3) is 0 Å². The van der Waals surface area contributed by atoms with Crippen LogP contribution in [0.1, 0.15) is 26.2 Å². The zero-order chi connectivity index (χ0) is 9.52. The summed E-state index contributed by atoms with van der Waals surface area (Å²) in [6, 6.07) is 0.482. The van der Waals surface area contributed by atoms with E-state index in [1.807, 2.05) is 0 Å². The number of nitrogens with one attached hydrogen (secondary N) is 1. The monoisotopic (exact) mass is 183 g/mol. The van der Waals surface area contributed by atoms with E-state index in [1.165, 1.54) is 19.3 Å². The van der Waals surface area contributed by atoms with Gasteiger partial charge in [0, 0.05) is 13.2 Å². The van der Waals surface area contributed by atoms with Crippen LogP contribution in [-0.4, -0.2) is 26.3 Å². The molecule has 1 N–H and O–H groups in total. The number of rotatable bonds is 5. The van der Waals surface area contributed by atoms with Gasteiger partial charge in [0.15, 0.2) is 0 Å². The molecule has 0 aromatic carbocycles. The molecule has 0 aliphatic heterocycles. The van der Waals surface area contributed by atoms with Gasteiger partial charge in [-0.25, -0.2) is 0 Å². The van der Waals surface area contributed by atoms with E-state index in [9.17, 15) is 0 Å². The second-order valence-corrected chi connectivity index (χ2v) is 3.92. The van der Waals surface area contributed by atoms with Crippen molar-refractivity contribution in [1.82, 2.24) is 5.32 Å². The largest absolute Gasteiger partial charge is 0.383 e. The van der Waals surface area contributed by atoms with E-state index in [-0.39, 0.29) is 0 Å². The zero-order valence-electron chi connectivity index (χ0n) is 8.75. The van der Waals surface area contributed by atoms with Crippen LogP contribution in [0.2, 0.25) is 0 Å². The highest BCUT2D eigenvalue weighted by atomic mass is 16.5. The summed E-state index contributed by atoms with van der Waals surface area (Å²) in [5, 5.41) is 3.49. The highest BCUT2D eigenvalue weighted by molar-refractivity contribution is 4.90. The second-order valence-electron chi connectivity index (χ2n) is 3.92. The lowest BCUT2D eigenvalue weighted by molar-refractivity contribution is 0.169. The molecule has 0 aromatic heterocycles. The van der Waals surface area contributed by atoms with Crippen molar-refractivity contribution < 1.29 is 4.74 Å². The quantitative estimate of drug-likeness (QED) is 0.658. The van der Waals surface area contributed by atoms with E-state index in [0.717, 1.165) is 19.1 Å². The summed E-state index contributed by atoms with van der Waals surface area (Å²) in [6.45, 7) is 4.11. The van der Waals surface area contributed by atoms with Gasteiger partial charge >= 0.3 is 0 Å². The van der Waals surface area contributed by atoms with Crippen LogP contribution in [0.5, 0.6) is 0 Å². The van der Waals surface area contributed by atoms with Crippen molar-refractivity contribution in [2.45, 2.75) is 32.2 Å². The molecule has 0 saturated carbocycles. The van der Waals surface area contributed by atoms with Gasteiger partial charge in [0.05, 0.1) is 6.61 Å². The van der Waals surface area contributed by atoms with E-state index in [4.69, 9.17) is 4.74 Å². The average molecular weight is 183 g/mol. The van der Waals surface area contributed by atoms with Crippen molar-refractivity contribution in [3.63, 3.8) is 0 Å². The molecule has 0 heterocycles. The molecule has 1 rings (SSSR count). The maximum absolute atomic E-state index is 5.07. The van der Waals surface area contributed by atoms with Gasteiger partial charge in [-0.3, -0.25) is 0 Å². The molecule has 0 unspecified atom stereocenters. The van der Waals surface area contributed by atoms with Gasteiger partial charge in [0.2, 0.25) is 0 Å². The van der Waals surface area contributed by atoms with E-state index >= 15 is 0 Å². The highest BCUT2D eigenvalue weighted by Crippen LogP contribution is 2.16. The summed E-state index contributed by atoms with van der Waals surface area (Å²) in [5.41, 5.74) is 0. The average Bonchev–Trinajstić information content (AvgIpc) is 2.17. The summed E-state index contributed by atoms with van der Waals surface area (Å²) in [4.78, 5) is 0. The predicted molar refractivity (Wildman–Crippen MR) is 55.8 cm³/mol. The molecule has 0 saturated heterocycles. The molecule has 0 spiro atoms. The topological polar surface area (TPSA) is 21.3 Å². The number of hydrogen-bond donors (Lipinski definition) is 1. The van der Waals surface area contributed by atoms with E-state index in [0.29, 0.717) is 6.04 Å². The van der Waals surface area contributed by atoms with Crippen LogP contribution in [-0.2, 0) is 4.74 Å². The van der Waals surface area contributed by atoms with Crippen molar-refractivity contribution in [2.75, 3.05) is 20.3 Å². The fourth-order valence-corrected chi connectivity index (χ4v) is 1.72. The lowest BCUT2D eigenvalue weighted by Gasteiger charge is -2.20. The van der Waals surface area contributed by atoms with Crippen LogP contribution < -0.4 is 5.32 Å². The molecule has 0 radical (unpaired) electrons. The Morgan fingerprint density at radius 2 is 2.38 bits per heavy atom. The van der Waals surface area contributed by atoms with Crippen molar-refractivity contribution in [1.29, 1.82) is 0 Å². The highest BCUT2D eigenvalue weighted by Gasteiger charge is 2.10. The SMILES string of the molecule is COC[C@@H](C)NC[C@H]1CC=CCC1. The van der Waals surface area contributed by atoms with Crippen LogP contribution in [0.4, 0.5) is 0 Å². The fraction of sp³-hybridized carbons (Fsp3) is 0.818. The van der Waals surface area contributed by atoms with E-state index in [1.54, 1.807) is 7.11 Å².